The average molecular weight is 293 g/mol. The van der Waals surface area contributed by atoms with Gasteiger partial charge in [-0.2, -0.15) is 0 Å². The highest BCUT2D eigenvalue weighted by molar-refractivity contribution is 5.98. The number of anilines is 2. The van der Waals surface area contributed by atoms with Crippen molar-refractivity contribution < 1.29 is 14.3 Å². The van der Waals surface area contributed by atoms with E-state index in [1.807, 2.05) is 13.8 Å². The summed E-state index contributed by atoms with van der Waals surface area (Å²) in [5.41, 5.74) is 7.27. The van der Waals surface area contributed by atoms with Gasteiger partial charge in [0, 0.05) is 20.1 Å². The van der Waals surface area contributed by atoms with E-state index in [-0.39, 0.29) is 12.5 Å². The summed E-state index contributed by atoms with van der Waals surface area (Å²) in [6.45, 7) is 5.42. The van der Waals surface area contributed by atoms with Crippen LogP contribution in [-0.4, -0.2) is 50.6 Å². The van der Waals surface area contributed by atoms with Crippen LogP contribution in [0.3, 0.4) is 0 Å². The van der Waals surface area contributed by atoms with Crippen LogP contribution in [0.25, 0.3) is 0 Å². The minimum Gasteiger partial charge on any atom is -0.465 e. The van der Waals surface area contributed by atoms with E-state index in [1.165, 1.54) is 7.11 Å². The van der Waals surface area contributed by atoms with E-state index in [9.17, 15) is 9.59 Å². The van der Waals surface area contributed by atoms with Crippen molar-refractivity contribution in [3.05, 3.63) is 23.8 Å². The summed E-state index contributed by atoms with van der Waals surface area (Å²) in [5, 5.41) is 0. The Labute approximate surface area is 125 Å². The number of ether oxygens (including phenoxy) is 1. The summed E-state index contributed by atoms with van der Waals surface area (Å²) in [4.78, 5) is 27.2. The molecule has 1 aromatic carbocycles. The fourth-order valence-corrected chi connectivity index (χ4v) is 2.14. The summed E-state index contributed by atoms with van der Waals surface area (Å²) < 4.78 is 4.69. The minimum absolute atomic E-state index is 0.0189. The van der Waals surface area contributed by atoms with E-state index in [1.54, 1.807) is 35.0 Å². The van der Waals surface area contributed by atoms with Crippen molar-refractivity contribution in [3.8, 4) is 0 Å². The van der Waals surface area contributed by atoms with Gasteiger partial charge in [-0.15, -0.1) is 0 Å². The first-order valence-corrected chi connectivity index (χ1v) is 6.91. The number of likely N-dealkylation sites (N-methyl/N-ethyl adjacent to an activating group) is 2. The first-order chi connectivity index (χ1) is 9.96. The number of nitrogens with two attached hydrogens (primary N) is 1. The van der Waals surface area contributed by atoms with Crippen LogP contribution < -0.4 is 10.6 Å². The second-order valence-corrected chi connectivity index (χ2v) is 4.65. The van der Waals surface area contributed by atoms with Gasteiger partial charge in [0.2, 0.25) is 5.91 Å². The molecule has 6 nitrogen and oxygen atoms in total. The molecule has 1 rings (SSSR count). The maximum absolute atomic E-state index is 12.1. The van der Waals surface area contributed by atoms with Crippen molar-refractivity contribution in [1.29, 1.82) is 0 Å². The number of nitrogens with zero attached hydrogens (tertiary/aromatic N) is 2. The zero-order valence-corrected chi connectivity index (χ0v) is 13.0. The molecule has 0 aliphatic heterocycles. The first-order valence-electron chi connectivity index (χ1n) is 6.91. The van der Waals surface area contributed by atoms with Gasteiger partial charge in [-0.25, -0.2) is 4.79 Å². The molecule has 0 bridgehead atoms. The van der Waals surface area contributed by atoms with Gasteiger partial charge in [0.15, 0.2) is 0 Å². The smallest absolute Gasteiger partial charge is 0.340 e. The molecule has 116 valence electrons. The van der Waals surface area contributed by atoms with Crippen molar-refractivity contribution in [2.45, 2.75) is 13.8 Å². The molecule has 0 atom stereocenters. The molecule has 0 saturated heterocycles. The van der Waals surface area contributed by atoms with E-state index < -0.39 is 5.97 Å². The summed E-state index contributed by atoms with van der Waals surface area (Å²) in [6.07, 6.45) is 0. The van der Waals surface area contributed by atoms with Crippen LogP contribution >= 0.6 is 0 Å². The Morgan fingerprint density at radius 3 is 2.38 bits per heavy atom. The molecule has 0 aliphatic carbocycles. The highest BCUT2D eigenvalue weighted by Gasteiger charge is 2.18. The van der Waals surface area contributed by atoms with Crippen LogP contribution in [0.15, 0.2) is 18.2 Å². The molecule has 0 unspecified atom stereocenters. The van der Waals surface area contributed by atoms with E-state index >= 15 is 0 Å². The molecule has 0 spiro atoms. The highest BCUT2D eigenvalue weighted by atomic mass is 16.5. The van der Waals surface area contributed by atoms with Crippen LogP contribution in [0.4, 0.5) is 11.4 Å². The second kappa shape index (κ2) is 7.52. The lowest BCUT2D eigenvalue weighted by molar-refractivity contribution is -0.129. The van der Waals surface area contributed by atoms with Gasteiger partial charge in [0.05, 0.1) is 30.6 Å². The highest BCUT2D eigenvalue weighted by Crippen LogP contribution is 2.26. The molecule has 0 saturated carbocycles. The van der Waals surface area contributed by atoms with E-state index in [2.05, 4.69) is 0 Å². The fourth-order valence-electron chi connectivity index (χ4n) is 2.14. The Morgan fingerprint density at radius 2 is 1.86 bits per heavy atom. The SMILES string of the molecule is CCN(CC)C(=O)CN(C)c1cccc(C(=O)OC)c1N. The normalized spacial score (nSPS) is 10.1. The Morgan fingerprint density at radius 1 is 1.24 bits per heavy atom. The average Bonchev–Trinajstić information content (AvgIpc) is 2.47. The Hall–Kier alpha value is -2.24. The van der Waals surface area contributed by atoms with Crippen molar-refractivity contribution in [2.75, 3.05) is 44.4 Å². The lowest BCUT2D eigenvalue weighted by Crippen LogP contribution is -2.39. The third-order valence-corrected chi connectivity index (χ3v) is 3.39. The van der Waals surface area contributed by atoms with Crippen LogP contribution in [-0.2, 0) is 9.53 Å². The standard InChI is InChI=1S/C15H23N3O3/c1-5-18(6-2)13(19)10-17(3)12-9-7-8-11(14(12)16)15(20)21-4/h7-9H,5-6,10,16H2,1-4H3. The monoisotopic (exact) mass is 293 g/mol. The minimum atomic E-state index is -0.488. The summed E-state index contributed by atoms with van der Waals surface area (Å²) in [5.74, 6) is -0.469. The van der Waals surface area contributed by atoms with Crippen molar-refractivity contribution >= 4 is 23.3 Å². The Balaban J connectivity index is 2.95. The number of methoxy groups -OCH3 is 1. The molecule has 21 heavy (non-hydrogen) atoms. The van der Waals surface area contributed by atoms with Gasteiger partial charge in [-0.05, 0) is 26.0 Å². The van der Waals surface area contributed by atoms with Crippen molar-refractivity contribution in [2.24, 2.45) is 0 Å². The zero-order valence-electron chi connectivity index (χ0n) is 13.0. The number of carbonyl (C=O) groups excluding carboxylic acids is 2. The molecule has 0 aromatic heterocycles. The van der Waals surface area contributed by atoms with Gasteiger partial charge >= 0.3 is 5.97 Å². The van der Waals surface area contributed by atoms with Gasteiger partial charge in [0.1, 0.15) is 0 Å². The number of benzene rings is 1. The third kappa shape index (κ3) is 3.87. The van der Waals surface area contributed by atoms with E-state index in [0.29, 0.717) is 30.0 Å². The number of hydrogen-bond acceptors (Lipinski definition) is 5. The second-order valence-electron chi connectivity index (χ2n) is 4.65. The number of nitrogen functional groups attached to an aromatic ring is 1. The molecule has 0 aliphatic rings. The van der Waals surface area contributed by atoms with Crippen molar-refractivity contribution in [3.63, 3.8) is 0 Å². The molecule has 1 amide bonds. The van der Waals surface area contributed by atoms with E-state index in [0.717, 1.165) is 0 Å². The summed E-state index contributed by atoms with van der Waals surface area (Å²) in [7, 11) is 3.08. The number of carbonyl (C=O) groups is 2. The zero-order chi connectivity index (χ0) is 16.0. The predicted octanol–water partition coefficient (Wildman–Crippen LogP) is 1.36. The third-order valence-electron chi connectivity index (χ3n) is 3.39. The quantitative estimate of drug-likeness (QED) is 0.633. The Kier molecular flexibility index (Phi) is 6.02. The van der Waals surface area contributed by atoms with Gasteiger partial charge in [0.25, 0.3) is 0 Å². The molecular formula is C15H23N3O3. The molecule has 2 N–H and O–H groups in total. The molecule has 0 fully saturated rings. The molecule has 0 heterocycles. The molecule has 6 heteroatoms. The maximum atomic E-state index is 12.1. The lowest BCUT2D eigenvalue weighted by Gasteiger charge is -2.25. The van der Waals surface area contributed by atoms with Gasteiger partial charge in [-0.3, -0.25) is 4.79 Å². The predicted molar refractivity (Wildman–Crippen MR) is 83.4 cm³/mol. The lowest BCUT2D eigenvalue weighted by atomic mass is 10.1. The molecule has 0 radical (unpaired) electrons. The number of rotatable bonds is 6. The number of hydrogen-bond donors (Lipinski definition) is 1. The molecule has 1 aromatic rings. The van der Waals surface area contributed by atoms with Gasteiger partial charge < -0.3 is 20.3 Å². The molecular weight excluding hydrogens is 270 g/mol. The fraction of sp³-hybridized carbons (Fsp3) is 0.467. The van der Waals surface area contributed by atoms with Crippen LogP contribution in [0, 0.1) is 0 Å². The van der Waals surface area contributed by atoms with E-state index in [4.69, 9.17) is 10.5 Å². The number of amides is 1. The van der Waals surface area contributed by atoms with Gasteiger partial charge in [-0.1, -0.05) is 6.07 Å². The van der Waals surface area contributed by atoms with Crippen LogP contribution in [0.1, 0.15) is 24.2 Å². The van der Waals surface area contributed by atoms with Crippen LogP contribution in [0.2, 0.25) is 0 Å². The number of para-hydroxylation sites is 1. The topological polar surface area (TPSA) is 75.9 Å². The largest absolute Gasteiger partial charge is 0.465 e. The van der Waals surface area contributed by atoms with Crippen molar-refractivity contribution in [1.82, 2.24) is 4.90 Å². The maximum Gasteiger partial charge on any atom is 0.340 e. The summed E-state index contributed by atoms with van der Waals surface area (Å²) >= 11 is 0. The summed E-state index contributed by atoms with van der Waals surface area (Å²) in [6, 6.07) is 5.10. The first kappa shape index (κ1) is 16.8. The number of esters is 1. The Bertz CT molecular complexity index is 513. The van der Waals surface area contributed by atoms with Crippen LogP contribution in [0.5, 0.6) is 0 Å².